The first kappa shape index (κ1) is 13.2. The van der Waals surface area contributed by atoms with Crippen molar-refractivity contribution in [3.05, 3.63) is 23.8 Å². The summed E-state index contributed by atoms with van der Waals surface area (Å²) < 4.78 is 0. The second kappa shape index (κ2) is 4.98. The van der Waals surface area contributed by atoms with E-state index in [1.54, 1.807) is 11.8 Å². The Bertz CT molecular complexity index is 528. The first-order valence-corrected chi connectivity index (χ1v) is 7.19. The Labute approximate surface area is 119 Å². The molecule has 5 heteroatoms. The lowest BCUT2D eigenvalue weighted by molar-refractivity contribution is -0.0107. The van der Waals surface area contributed by atoms with Gasteiger partial charge in [-0.1, -0.05) is 0 Å². The molecule has 2 aliphatic heterocycles. The van der Waals surface area contributed by atoms with Gasteiger partial charge in [-0.05, 0) is 38.0 Å². The molecule has 2 heterocycles. The summed E-state index contributed by atoms with van der Waals surface area (Å²) in [5.74, 6) is 0.000137. The zero-order chi connectivity index (χ0) is 14.2. The summed E-state index contributed by atoms with van der Waals surface area (Å²) in [4.78, 5) is 14.3. The third-order valence-corrected chi connectivity index (χ3v) is 3.98. The zero-order valence-electron chi connectivity index (χ0n) is 11.8. The van der Waals surface area contributed by atoms with Crippen molar-refractivity contribution in [3.8, 4) is 0 Å². The predicted molar refractivity (Wildman–Crippen MR) is 79.2 cm³/mol. The molecule has 1 atom stereocenters. The number of piperidine rings is 1. The average Bonchev–Trinajstić information content (AvgIpc) is 2.45. The van der Waals surface area contributed by atoms with Crippen LogP contribution in [-0.4, -0.2) is 47.7 Å². The quantitative estimate of drug-likeness (QED) is 0.727. The standard InChI is InChI=1S/C15H21N3O2/c1-15(20)5-2-8-18(10-15)14(19)11-3-4-12-13(9-11)17-7-6-16-12/h3-4,9,16-17,20H,2,5-8,10H2,1H3. The van der Waals surface area contributed by atoms with E-state index in [9.17, 15) is 9.90 Å². The lowest BCUT2D eigenvalue weighted by Crippen LogP contribution is -2.48. The smallest absolute Gasteiger partial charge is 0.254 e. The van der Waals surface area contributed by atoms with Gasteiger partial charge in [0.1, 0.15) is 0 Å². The average molecular weight is 275 g/mol. The van der Waals surface area contributed by atoms with Crippen LogP contribution in [0.25, 0.3) is 0 Å². The van der Waals surface area contributed by atoms with Crippen LogP contribution in [0.15, 0.2) is 18.2 Å². The molecule has 0 bridgehead atoms. The van der Waals surface area contributed by atoms with Gasteiger partial charge in [0.05, 0.1) is 17.0 Å². The van der Waals surface area contributed by atoms with Crippen molar-refractivity contribution in [1.82, 2.24) is 4.90 Å². The molecule has 3 N–H and O–H groups in total. The number of hydrogen-bond donors (Lipinski definition) is 3. The van der Waals surface area contributed by atoms with Gasteiger partial charge in [-0.15, -0.1) is 0 Å². The fraction of sp³-hybridized carbons (Fsp3) is 0.533. The van der Waals surface area contributed by atoms with E-state index in [4.69, 9.17) is 0 Å². The summed E-state index contributed by atoms with van der Waals surface area (Å²) in [6, 6.07) is 5.69. The number of aliphatic hydroxyl groups is 1. The molecule has 1 amide bonds. The number of β-amino-alcohol motifs (C(OH)–C–C–N with tert-alkyl or cyclic N) is 1. The number of fused-ring (bicyclic) bond motifs is 1. The number of hydrogen-bond acceptors (Lipinski definition) is 4. The zero-order valence-corrected chi connectivity index (χ0v) is 11.8. The number of nitrogens with one attached hydrogen (secondary N) is 2. The lowest BCUT2D eigenvalue weighted by Gasteiger charge is -2.37. The molecule has 0 radical (unpaired) electrons. The molecule has 1 saturated heterocycles. The van der Waals surface area contributed by atoms with Crippen LogP contribution in [0.2, 0.25) is 0 Å². The van der Waals surface area contributed by atoms with Crippen LogP contribution in [0.3, 0.4) is 0 Å². The first-order valence-electron chi connectivity index (χ1n) is 7.19. The van der Waals surface area contributed by atoms with Crippen LogP contribution in [0.4, 0.5) is 11.4 Å². The van der Waals surface area contributed by atoms with E-state index in [1.165, 1.54) is 0 Å². The predicted octanol–water partition coefficient (Wildman–Crippen LogP) is 1.51. The molecular formula is C15H21N3O2. The Morgan fingerprint density at radius 3 is 2.80 bits per heavy atom. The Hall–Kier alpha value is -1.75. The van der Waals surface area contributed by atoms with E-state index < -0.39 is 5.60 Å². The van der Waals surface area contributed by atoms with Gasteiger partial charge < -0.3 is 20.6 Å². The summed E-state index contributed by atoms with van der Waals surface area (Å²) in [6.45, 7) is 4.69. The van der Waals surface area contributed by atoms with Crippen LogP contribution in [0.1, 0.15) is 30.1 Å². The summed E-state index contributed by atoms with van der Waals surface area (Å²) in [5, 5.41) is 16.7. The molecule has 3 rings (SSSR count). The molecule has 0 aliphatic carbocycles. The third kappa shape index (κ3) is 2.58. The van der Waals surface area contributed by atoms with E-state index in [-0.39, 0.29) is 5.91 Å². The van der Waals surface area contributed by atoms with Crippen molar-refractivity contribution in [2.75, 3.05) is 36.8 Å². The number of amides is 1. The van der Waals surface area contributed by atoms with Crippen LogP contribution in [0.5, 0.6) is 0 Å². The fourth-order valence-electron chi connectivity index (χ4n) is 2.95. The number of carbonyl (C=O) groups is 1. The van der Waals surface area contributed by atoms with Gasteiger partial charge in [0.15, 0.2) is 0 Å². The Morgan fingerprint density at radius 1 is 1.30 bits per heavy atom. The second-order valence-corrected chi connectivity index (χ2v) is 5.94. The highest BCUT2D eigenvalue weighted by Crippen LogP contribution is 2.27. The second-order valence-electron chi connectivity index (χ2n) is 5.94. The van der Waals surface area contributed by atoms with Crippen LogP contribution in [0, 0.1) is 0 Å². The minimum absolute atomic E-state index is 0.000137. The van der Waals surface area contributed by atoms with Gasteiger partial charge in [-0.2, -0.15) is 0 Å². The van der Waals surface area contributed by atoms with Gasteiger partial charge in [0.25, 0.3) is 5.91 Å². The number of carbonyl (C=O) groups excluding carboxylic acids is 1. The molecule has 1 aromatic rings. The maximum Gasteiger partial charge on any atom is 0.254 e. The molecule has 0 aromatic heterocycles. The Kier molecular flexibility index (Phi) is 3.30. The molecule has 0 spiro atoms. The van der Waals surface area contributed by atoms with Gasteiger partial charge in [-0.25, -0.2) is 0 Å². The van der Waals surface area contributed by atoms with E-state index in [0.717, 1.165) is 43.9 Å². The molecule has 1 aromatic carbocycles. The number of rotatable bonds is 1. The van der Waals surface area contributed by atoms with E-state index >= 15 is 0 Å². The Morgan fingerprint density at radius 2 is 2.05 bits per heavy atom. The van der Waals surface area contributed by atoms with Crippen molar-refractivity contribution < 1.29 is 9.90 Å². The molecule has 0 saturated carbocycles. The lowest BCUT2D eigenvalue weighted by atomic mass is 9.94. The monoisotopic (exact) mass is 275 g/mol. The van der Waals surface area contributed by atoms with Crippen LogP contribution >= 0.6 is 0 Å². The number of anilines is 2. The summed E-state index contributed by atoms with van der Waals surface area (Å²) in [6.07, 6.45) is 1.61. The highest BCUT2D eigenvalue weighted by Gasteiger charge is 2.31. The van der Waals surface area contributed by atoms with Crippen LogP contribution in [-0.2, 0) is 0 Å². The summed E-state index contributed by atoms with van der Waals surface area (Å²) in [7, 11) is 0. The molecule has 108 valence electrons. The highest BCUT2D eigenvalue weighted by molar-refractivity contribution is 5.96. The number of likely N-dealkylation sites (tertiary alicyclic amines) is 1. The van der Waals surface area contributed by atoms with Gasteiger partial charge in [0, 0.05) is 31.7 Å². The Balaban J connectivity index is 1.80. The maximum absolute atomic E-state index is 12.5. The minimum Gasteiger partial charge on any atom is -0.388 e. The van der Waals surface area contributed by atoms with Crippen molar-refractivity contribution in [2.24, 2.45) is 0 Å². The maximum atomic E-state index is 12.5. The van der Waals surface area contributed by atoms with Crippen molar-refractivity contribution >= 4 is 17.3 Å². The van der Waals surface area contributed by atoms with Crippen molar-refractivity contribution in [1.29, 1.82) is 0 Å². The number of benzene rings is 1. The highest BCUT2D eigenvalue weighted by atomic mass is 16.3. The normalized spacial score (nSPS) is 25.4. The minimum atomic E-state index is -0.762. The SMILES string of the molecule is CC1(O)CCCN(C(=O)c2ccc3c(c2)NCCN3)C1. The number of nitrogens with zero attached hydrogens (tertiary/aromatic N) is 1. The molecular weight excluding hydrogens is 254 g/mol. The van der Waals surface area contributed by atoms with E-state index in [2.05, 4.69) is 10.6 Å². The molecule has 1 fully saturated rings. The third-order valence-electron chi connectivity index (χ3n) is 3.98. The van der Waals surface area contributed by atoms with Gasteiger partial charge in [0.2, 0.25) is 0 Å². The topological polar surface area (TPSA) is 64.6 Å². The first-order chi connectivity index (χ1) is 9.55. The van der Waals surface area contributed by atoms with Crippen LogP contribution < -0.4 is 10.6 Å². The van der Waals surface area contributed by atoms with E-state index in [0.29, 0.717) is 12.1 Å². The fourth-order valence-corrected chi connectivity index (χ4v) is 2.95. The van der Waals surface area contributed by atoms with Gasteiger partial charge >= 0.3 is 0 Å². The molecule has 1 unspecified atom stereocenters. The van der Waals surface area contributed by atoms with E-state index in [1.807, 2.05) is 18.2 Å². The molecule has 20 heavy (non-hydrogen) atoms. The van der Waals surface area contributed by atoms with Crippen molar-refractivity contribution in [3.63, 3.8) is 0 Å². The summed E-state index contributed by atoms with van der Waals surface area (Å²) >= 11 is 0. The summed E-state index contributed by atoms with van der Waals surface area (Å²) in [5.41, 5.74) is 1.93. The largest absolute Gasteiger partial charge is 0.388 e. The molecule has 5 nitrogen and oxygen atoms in total. The van der Waals surface area contributed by atoms with Gasteiger partial charge in [-0.3, -0.25) is 4.79 Å². The molecule has 2 aliphatic rings. The van der Waals surface area contributed by atoms with Crippen molar-refractivity contribution in [2.45, 2.75) is 25.4 Å².